The zero-order valence-electron chi connectivity index (χ0n) is 15.2. The number of aromatic nitrogens is 1. The number of carbonyl (C=O) groups is 1. The van der Waals surface area contributed by atoms with Gasteiger partial charge in [-0.3, -0.25) is 4.79 Å². The van der Waals surface area contributed by atoms with Crippen LogP contribution < -0.4 is 5.32 Å². The molecule has 4 aromatic rings. The lowest BCUT2D eigenvalue weighted by atomic mass is 10.2. The Hall–Kier alpha value is -3.16. The topological polar surface area (TPSA) is 77.5 Å². The van der Waals surface area contributed by atoms with Crippen molar-refractivity contribution < 1.29 is 18.4 Å². The van der Waals surface area contributed by atoms with Gasteiger partial charge in [-0.15, -0.1) is 11.3 Å². The summed E-state index contributed by atoms with van der Waals surface area (Å²) in [5, 5.41) is 5.27. The smallest absolute Gasteiger partial charge is 0.275 e. The number of aryl methyl sites for hydroxylation is 1. The molecular weight excluding hydrogens is 376 g/mol. The van der Waals surface area contributed by atoms with Crippen molar-refractivity contribution >= 4 is 22.9 Å². The SMILES string of the molecule is Cc1ccc(-c2nc(C(=O)Nc3cccc(COCc4ccco4)c3)cs2)o1. The van der Waals surface area contributed by atoms with Crippen molar-refractivity contribution in [2.24, 2.45) is 0 Å². The molecule has 28 heavy (non-hydrogen) atoms. The second kappa shape index (κ2) is 8.24. The highest BCUT2D eigenvalue weighted by atomic mass is 32.1. The molecule has 0 aliphatic heterocycles. The van der Waals surface area contributed by atoms with Crippen molar-refractivity contribution in [3.8, 4) is 10.8 Å². The Labute approximate surface area is 165 Å². The van der Waals surface area contributed by atoms with Crippen molar-refractivity contribution in [3.63, 3.8) is 0 Å². The molecule has 0 aliphatic rings. The first kappa shape index (κ1) is 18.2. The van der Waals surface area contributed by atoms with E-state index in [9.17, 15) is 4.79 Å². The number of benzene rings is 1. The average Bonchev–Trinajstić information content (AvgIpc) is 3.43. The number of nitrogens with one attached hydrogen (secondary N) is 1. The Morgan fingerprint density at radius 3 is 2.89 bits per heavy atom. The van der Waals surface area contributed by atoms with Gasteiger partial charge in [-0.1, -0.05) is 12.1 Å². The van der Waals surface area contributed by atoms with Crippen LogP contribution in [0.15, 0.2) is 69.0 Å². The fourth-order valence-electron chi connectivity index (χ4n) is 2.64. The van der Waals surface area contributed by atoms with Crippen LogP contribution in [0.4, 0.5) is 5.69 Å². The molecule has 0 saturated carbocycles. The quantitative estimate of drug-likeness (QED) is 0.462. The third-order valence-corrected chi connectivity index (χ3v) is 4.82. The van der Waals surface area contributed by atoms with Crippen molar-refractivity contribution in [3.05, 3.63) is 83.0 Å². The van der Waals surface area contributed by atoms with E-state index in [1.807, 2.05) is 55.5 Å². The maximum absolute atomic E-state index is 12.5. The van der Waals surface area contributed by atoms with Crippen molar-refractivity contribution in [1.82, 2.24) is 4.98 Å². The predicted molar refractivity (Wildman–Crippen MR) is 106 cm³/mol. The average molecular weight is 394 g/mol. The monoisotopic (exact) mass is 394 g/mol. The lowest BCUT2D eigenvalue weighted by Gasteiger charge is -2.07. The van der Waals surface area contributed by atoms with Gasteiger partial charge >= 0.3 is 0 Å². The molecule has 0 radical (unpaired) electrons. The minimum absolute atomic E-state index is 0.264. The molecule has 0 saturated heterocycles. The summed E-state index contributed by atoms with van der Waals surface area (Å²) in [6.07, 6.45) is 1.62. The fourth-order valence-corrected chi connectivity index (χ4v) is 3.40. The van der Waals surface area contributed by atoms with Crippen molar-refractivity contribution in [2.45, 2.75) is 20.1 Å². The number of thiazole rings is 1. The minimum atomic E-state index is -0.264. The van der Waals surface area contributed by atoms with E-state index in [0.717, 1.165) is 17.1 Å². The molecule has 7 heteroatoms. The fraction of sp³-hybridized carbons (Fsp3) is 0.143. The number of carbonyl (C=O) groups excluding carboxylic acids is 1. The summed E-state index contributed by atoms with van der Waals surface area (Å²) in [6.45, 7) is 2.69. The summed E-state index contributed by atoms with van der Waals surface area (Å²) < 4.78 is 16.4. The molecule has 4 rings (SSSR count). The van der Waals surface area contributed by atoms with Gasteiger partial charge in [0.1, 0.15) is 23.8 Å². The third-order valence-electron chi connectivity index (χ3n) is 3.97. The van der Waals surface area contributed by atoms with Crippen LogP contribution in [0.5, 0.6) is 0 Å². The summed E-state index contributed by atoms with van der Waals surface area (Å²) in [4.78, 5) is 16.9. The molecule has 3 heterocycles. The van der Waals surface area contributed by atoms with E-state index >= 15 is 0 Å². The highest BCUT2D eigenvalue weighted by Crippen LogP contribution is 2.26. The van der Waals surface area contributed by atoms with Gasteiger partial charge in [0.05, 0.1) is 12.9 Å². The summed E-state index contributed by atoms with van der Waals surface area (Å²) in [5.41, 5.74) is 2.00. The van der Waals surface area contributed by atoms with Crippen LogP contribution in [0.3, 0.4) is 0 Å². The molecule has 6 nitrogen and oxygen atoms in total. The van der Waals surface area contributed by atoms with E-state index in [2.05, 4.69) is 10.3 Å². The van der Waals surface area contributed by atoms with Crippen LogP contribution in [-0.4, -0.2) is 10.9 Å². The Morgan fingerprint density at radius 1 is 1.18 bits per heavy atom. The van der Waals surface area contributed by atoms with Crippen molar-refractivity contribution in [1.29, 1.82) is 0 Å². The number of hydrogen-bond donors (Lipinski definition) is 1. The first-order valence-electron chi connectivity index (χ1n) is 8.70. The number of anilines is 1. The number of hydrogen-bond acceptors (Lipinski definition) is 6. The lowest BCUT2D eigenvalue weighted by Crippen LogP contribution is -2.12. The van der Waals surface area contributed by atoms with Gasteiger partial charge in [-0.05, 0) is 48.9 Å². The van der Waals surface area contributed by atoms with Gasteiger partial charge in [-0.2, -0.15) is 0 Å². The predicted octanol–water partition coefficient (Wildman–Crippen LogP) is 5.27. The molecule has 1 amide bonds. The molecule has 0 aliphatic carbocycles. The van der Waals surface area contributed by atoms with Gasteiger partial charge in [0, 0.05) is 11.1 Å². The van der Waals surface area contributed by atoms with Crippen LogP contribution in [0, 0.1) is 6.92 Å². The van der Waals surface area contributed by atoms with Gasteiger partial charge in [0.25, 0.3) is 5.91 Å². The number of amides is 1. The Kier molecular flexibility index (Phi) is 5.36. The third kappa shape index (κ3) is 4.39. The van der Waals surface area contributed by atoms with Gasteiger partial charge in [-0.25, -0.2) is 4.98 Å². The summed E-state index contributed by atoms with van der Waals surface area (Å²) in [6, 6.07) is 14.9. The molecule has 0 atom stereocenters. The first-order valence-corrected chi connectivity index (χ1v) is 9.58. The number of furan rings is 2. The molecule has 0 unspecified atom stereocenters. The Balaban J connectivity index is 1.37. The first-order chi connectivity index (χ1) is 13.7. The molecule has 3 aromatic heterocycles. The lowest BCUT2D eigenvalue weighted by molar-refractivity contribution is 0.0929. The molecule has 1 aromatic carbocycles. The van der Waals surface area contributed by atoms with Crippen LogP contribution in [0.1, 0.15) is 27.6 Å². The zero-order valence-corrected chi connectivity index (χ0v) is 16.0. The van der Waals surface area contributed by atoms with Gasteiger partial charge < -0.3 is 18.9 Å². The number of rotatable bonds is 7. The summed E-state index contributed by atoms with van der Waals surface area (Å²) in [5.74, 6) is 1.98. The van der Waals surface area contributed by atoms with Crippen LogP contribution in [0.2, 0.25) is 0 Å². The maximum Gasteiger partial charge on any atom is 0.275 e. The van der Waals surface area contributed by atoms with Gasteiger partial charge in [0.15, 0.2) is 10.8 Å². The van der Waals surface area contributed by atoms with Crippen LogP contribution in [0.25, 0.3) is 10.8 Å². The highest BCUT2D eigenvalue weighted by Gasteiger charge is 2.14. The maximum atomic E-state index is 12.5. The van der Waals surface area contributed by atoms with Crippen LogP contribution >= 0.6 is 11.3 Å². The molecule has 1 N–H and O–H groups in total. The number of ether oxygens (including phenoxy) is 1. The largest absolute Gasteiger partial charge is 0.467 e. The molecule has 0 bridgehead atoms. The van der Waals surface area contributed by atoms with E-state index in [-0.39, 0.29) is 5.91 Å². The van der Waals surface area contributed by atoms with Crippen molar-refractivity contribution in [2.75, 3.05) is 5.32 Å². The highest BCUT2D eigenvalue weighted by molar-refractivity contribution is 7.13. The van der Waals surface area contributed by atoms with E-state index < -0.39 is 0 Å². The standard InChI is InChI=1S/C21H18N2O4S/c1-14-7-8-19(27-14)21-23-18(13-28-21)20(24)22-16-5-2-4-15(10-16)11-25-12-17-6-3-9-26-17/h2-10,13H,11-12H2,1H3,(H,22,24). The van der Waals surface area contributed by atoms with Gasteiger partial charge in [0.2, 0.25) is 0 Å². The molecule has 0 spiro atoms. The molecule has 0 fully saturated rings. The van der Waals surface area contributed by atoms with E-state index in [0.29, 0.717) is 35.4 Å². The second-order valence-electron chi connectivity index (χ2n) is 6.17. The number of nitrogens with zero attached hydrogens (tertiary/aromatic N) is 1. The Morgan fingerprint density at radius 2 is 2.11 bits per heavy atom. The van der Waals surface area contributed by atoms with E-state index in [1.165, 1.54) is 11.3 Å². The van der Waals surface area contributed by atoms with E-state index in [4.69, 9.17) is 13.6 Å². The van der Waals surface area contributed by atoms with Crippen LogP contribution in [-0.2, 0) is 18.0 Å². The summed E-state index contributed by atoms with van der Waals surface area (Å²) in [7, 11) is 0. The van der Waals surface area contributed by atoms with E-state index in [1.54, 1.807) is 11.6 Å². The Bertz CT molecular complexity index is 1070. The normalized spacial score (nSPS) is 10.9. The molecule has 142 valence electrons. The zero-order chi connectivity index (χ0) is 19.3. The molecular formula is C21H18N2O4S. The minimum Gasteiger partial charge on any atom is -0.467 e. The summed E-state index contributed by atoms with van der Waals surface area (Å²) >= 11 is 1.37. The second-order valence-corrected chi connectivity index (χ2v) is 7.03.